The molecular weight excluding hydrogens is 214 g/mol. The van der Waals surface area contributed by atoms with Crippen LogP contribution >= 0.6 is 11.6 Å². The van der Waals surface area contributed by atoms with Crippen LogP contribution in [0.5, 0.6) is 0 Å². The van der Waals surface area contributed by atoms with Gasteiger partial charge in [0.1, 0.15) is 0 Å². The van der Waals surface area contributed by atoms with Gasteiger partial charge >= 0.3 is 0 Å². The summed E-state index contributed by atoms with van der Waals surface area (Å²) in [6.45, 7) is 0.653. The lowest BCUT2D eigenvalue weighted by Crippen LogP contribution is -2.44. The molecule has 0 aliphatic heterocycles. The van der Waals surface area contributed by atoms with Crippen molar-refractivity contribution in [3.8, 4) is 0 Å². The number of tetrazole rings is 1. The molecule has 2 rings (SSSR count). The van der Waals surface area contributed by atoms with Gasteiger partial charge < -0.3 is 5.32 Å². The first-order valence-electron chi connectivity index (χ1n) is 5.28. The first-order chi connectivity index (χ1) is 7.24. The van der Waals surface area contributed by atoms with Crippen LogP contribution in [0.1, 0.15) is 31.5 Å². The average molecular weight is 230 g/mol. The van der Waals surface area contributed by atoms with Crippen LogP contribution in [0.4, 0.5) is 0 Å². The fourth-order valence-electron chi connectivity index (χ4n) is 2.07. The number of alkyl halides is 1. The van der Waals surface area contributed by atoms with Crippen LogP contribution in [0.2, 0.25) is 0 Å². The first kappa shape index (κ1) is 10.8. The maximum Gasteiger partial charge on any atom is 0.188 e. The van der Waals surface area contributed by atoms with E-state index in [4.69, 9.17) is 11.6 Å². The SMILES string of the molecule is Cn1nnc(CNC2(CCl)CCCC2)n1. The summed E-state index contributed by atoms with van der Waals surface area (Å²) >= 11 is 6.01. The molecule has 0 atom stereocenters. The number of halogens is 1. The number of hydrogen-bond donors (Lipinski definition) is 1. The van der Waals surface area contributed by atoms with E-state index in [0.717, 1.165) is 18.7 Å². The Morgan fingerprint density at radius 1 is 1.47 bits per heavy atom. The zero-order valence-electron chi connectivity index (χ0n) is 8.91. The molecule has 0 aromatic carbocycles. The van der Waals surface area contributed by atoms with E-state index in [1.807, 2.05) is 0 Å². The molecule has 15 heavy (non-hydrogen) atoms. The molecule has 0 bridgehead atoms. The molecule has 1 aromatic heterocycles. The van der Waals surface area contributed by atoms with Crippen molar-refractivity contribution in [3.05, 3.63) is 5.82 Å². The summed E-state index contributed by atoms with van der Waals surface area (Å²) in [5, 5.41) is 15.3. The Balaban J connectivity index is 1.91. The zero-order chi connectivity index (χ0) is 10.7. The van der Waals surface area contributed by atoms with Gasteiger partial charge in [0.25, 0.3) is 0 Å². The number of aryl methyl sites for hydroxylation is 1. The van der Waals surface area contributed by atoms with Crippen LogP contribution in [0.15, 0.2) is 0 Å². The maximum atomic E-state index is 6.01. The number of hydrogen-bond acceptors (Lipinski definition) is 4. The van der Waals surface area contributed by atoms with E-state index in [1.54, 1.807) is 7.05 Å². The Morgan fingerprint density at radius 3 is 2.73 bits per heavy atom. The molecule has 5 nitrogen and oxygen atoms in total. The molecule has 1 aliphatic rings. The number of aromatic nitrogens is 4. The third-order valence-corrected chi connectivity index (χ3v) is 3.50. The average Bonchev–Trinajstić information content (AvgIpc) is 2.85. The van der Waals surface area contributed by atoms with Crippen molar-refractivity contribution >= 4 is 11.6 Å². The van der Waals surface area contributed by atoms with Crippen LogP contribution in [-0.2, 0) is 13.6 Å². The summed E-state index contributed by atoms with van der Waals surface area (Å²) in [7, 11) is 1.77. The van der Waals surface area contributed by atoms with E-state index in [0.29, 0.717) is 12.4 Å². The molecule has 84 valence electrons. The van der Waals surface area contributed by atoms with Crippen molar-refractivity contribution in [2.45, 2.75) is 37.8 Å². The van der Waals surface area contributed by atoms with Crippen LogP contribution in [0.25, 0.3) is 0 Å². The van der Waals surface area contributed by atoms with Gasteiger partial charge in [-0.2, -0.15) is 4.80 Å². The fraction of sp³-hybridized carbons (Fsp3) is 0.889. The molecule has 1 aromatic rings. The third-order valence-electron chi connectivity index (χ3n) is 2.99. The van der Waals surface area contributed by atoms with Crippen molar-refractivity contribution in [1.29, 1.82) is 0 Å². The summed E-state index contributed by atoms with van der Waals surface area (Å²) < 4.78 is 0. The molecule has 1 heterocycles. The standard InChI is InChI=1S/C9H16ClN5/c1-15-13-8(12-14-15)6-11-9(7-10)4-2-3-5-9/h11H,2-7H2,1H3. The molecule has 1 saturated carbocycles. The van der Waals surface area contributed by atoms with Gasteiger partial charge in [-0.15, -0.1) is 21.8 Å². The number of nitrogens with one attached hydrogen (secondary N) is 1. The molecule has 0 spiro atoms. The van der Waals surface area contributed by atoms with Crippen LogP contribution in [-0.4, -0.2) is 31.6 Å². The maximum absolute atomic E-state index is 6.01. The van der Waals surface area contributed by atoms with Gasteiger partial charge in [-0.25, -0.2) is 0 Å². The Bertz CT molecular complexity index is 318. The van der Waals surface area contributed by atoms with Gasteiger partial charge in [-0.3, -0.25) is 0 Å². The van der Waals surface area contributed by atoms with E-state index >= 15 is 0 Å². The summed E-state index contributed by atoms with van der Waals surface area (Å²) in [6.07, 6.45) is 4.81. The minimum absolute atomic E-state index is 0.0980. The topological polar surface area (TPSA) is 55.6 Å². The number of rotatable bonds is 4. The summed E-state index contributed by atoms with van der Waals surface area (Å²) in [6, 6.07) is 0. The van der Waals surface area contributed by atoms with Crippen molar-refractivity contribution in [1.82, 2.24) is 25.5 Å². The molecule has 1 fully saturated rings. The normalized spacial score (nSPS) is 19.6. The molecule has 1 N–H and O–H groups in total. The van der Waals surface area contributed by atoms with Crippen LogP contribution < -0.4 is 5.32 Å². The molecule has 1 aliphatic carbocycles. The highest BCUT2D eigenvalue weighted by molar-refractivity contribution is 6.18. The smallest absolute Gasteiger partial charge is 0.188 e. The monoisotopic (exact) mass is 229 g/mol. The van der Waals surface area contributed by atoms with Crippen LogP contribution in [0.3, 0.4) is 0 Å². The van der Waals surface area contributed by atoms with Gasteiger partial charge in [0.2, 0.25) is 0 Å². The van der Waals surface area contributed by atoms with E-state index in [-0.39, 0.29) is 5.54 Å². The second-order valence-electron chi connectivity index (χ2n) is 4.17. The highest BCUT2D eigenvalue weighted by Gasteiger charge is 2.32. The van der Waals surface area contributed by atoms with E-state index in [9.17, 15) is 0 Å². The largest absolute Gasteiger partial charge is 0.303 e. The lowest BCUT2D eigenvalue weighted by atomic mass is 10.0. The Kier molecular flexibility index (Phi) is 3.21. The highest BCUT2D eigenvalue weighted by atomic mass is 35.5. The second kappa shape index (κ2) is 4.45. The van der Waals surface area contributed by atoms with E-state index in [1.165, 1.54) is 17.6 Å². The third kappa shape index (κ3) is 2.46. The Hall–Kier alpha value is -0.680. The predicted octanol–water partition coefficient (Wildman–Crippen LogP) is 0.851. The summed E-state index contributed by atoms with van der Waals surface area (Å²) in [5.74, 6) is 1.39. The van der Waals surface area contributed by atoms with Gasteiger partial charge in [0.05, 0.1) is 13.6 Å². The Morgan fingerprint density at radius 2 is 2.20 bits per heavy atom. The molecule has 6 heteroatoms. The molecule has 0 radical (unpaired) electrons. The first-order valence-corrected chi connectivity index (χ1v) is 5.81. The fourth-order valence-corrected chi connectivity index (χ4v) is 2.43. The summed E-state index contributed by atoms with van der Waals surface area (Å²) in [4.78, 5) is 1.47. The van der Waals surface area contributed by atoms with Gasteiger partial charge in [0.15, 0.2) is 5.82 Å². The molecule has 0 saturated heterocycles. The van der Waals surface area contributed by atoms with Crippen LogP contribution in [0, 0.1) is 0 Å². The molecule has 0 amide bonds. The number of nitrogens with zero attached hydrogens (tertiary/aromatic N) is 4. The highest BCUT2D eigenvalue weighted by Crippen LogP contribution is 2.30. The van der Waals surface area contributed by atoms with E-state index < -0.39 is 0 Å². The van der Waals surface area contributed by atoms with Gasteiger partial charge in [-0.1, -0.05) is 12.8 Å². The zero-order valence-corrected chi connectivity index (χ0v) is 9.67. The molecule has 0 unspecified atom stereocenters. The Labute approximate surface area is 94.2 Å². The second-order valence-corrected chi connectivity index (χ2v) is 4.44. The lowest BCUT2D eigenvalue weighted by Gasteiger charge is -2.27. The minimum Gasteiger partial charge on any atom is -0.303 e. The van der Waals surface area contributed by atoms with Gasteiger partial charge in [-0.05, 0) is 18.1 Å². The molecular formula is C9H16ClN5. The van der Waals surface area contributed by atoms with Crippen molar-refractivity contribution in [2.24, 2.45) is 7.05 Å². The quantitative estimate of drug-likeness (QED) is 0.778. The lowest BCUT2D eigenvalue weighted by molar-refractivity contribution is 0.363. The van der Waals surface area contributed by atoms with Gasteiger partial charge in [0, 0.05) is 11.4 Å². The van der Waals surface area contributed by atoms with E-state index in [2.05, 4.69) is 20.7 Å². The van der Waals surface area contributed by atoms with Crippen molar-refractivity contribution in [3.63, 3.8) is 0 Å². The summed E-state index contributed by atoms with van der Waals surface area (Å²) in [5.41, 5.74) is 0.0980. The minimum atomic E-state index is 0.0980. The van der Waals surface area contributed by atoms with Crippen molar-refractivity contribution in [2.75, 3.05) is 5.88 Å². The predicted molar refractivity (Wildman–Crippen MR) is 57.6 cm³/mol. The van der Waals surface area contributed by atoms with Crippen molar-refractivity contribution < 1.29 is 0 Å².